The van der Waals surface area contributed by atoms with E-state index in [1.54, 1.807) is 12.1 Å². The molecule has 44 heavy (non-hydrogen) atoms. The molecule has 0 heterocycles. The monoisotopic (exact) mass is 569 g/mol. The second-order valence-electron chi connectivity index (χ2n) is 10.3. The molecule has 212 valence electrons. The van der Waals surface area contributed by atoms with Crippen LogP contribution >= 0.6 is 0 Å². The van der Waals surface area contributed by atoms with Gasteiger partial charge < -0.3 is 9.64 Å². The van der Waals surface area contributed by atoms with Gasteiger partial charge in [0.15, 0.2) is 0 Å². The fourth-order valence-electron chi connectivity index (χ4n) is 5.13. The van der Waals surface area contributed by atoms with Crippen LogP contribution in [0.4, 0.5) is 11.4 Å². The first kappa shape index (κ1) is 28.2. The molecule has 3 heteroatoms. The second kappa shape index (κ2) is 13.4. The van der Waals surface area contributed by atoms with E-state index in [0.717, 1.165) is 45.3 Å². The molecule has 6 rings (SSSR count). The van der Waals surface area contributed by atoms with Crippen LogP contribution in [0.5, 0.6) is 5.75 Å². The van der Waals surface area contributed by atoms with Crippen LogP contribution in [0, 0.1) is 0 Å². The summed E-state index contributed by atoms with van der Waals surface area (Å²) >= 11 is 0. The molecule has 6 aromatic rings. The van der Waals surface area contributed by atoms with Gasteiger partial charge in [0, 0.05) is 28.9 Å². The lowest BCUT2D eigenvalue weighted by Gasteiger charge is -2.25. The fourth-order valence-corrected chi connectivity index (χ4v) is 5.13. The van der Waals surface area contributed by atoms with E-state index in [2.05, 4.69) is 139 Å². The molecule has 0 N–H and O–H groups in total. The van der Waals surface area contributed by atoms with E-state index in [-0.39, 0.29) is 0 Å². The molecular formula is C41H31NO2. The van der Waals surface area contributed by atoms with Crippen molar-refractivity contribution in [2.75, 3.05) is 4.90 Å². The third kappa shape index (κ3) is 6.59. The maximum absolute atomic E-state index is 11.4. The predicted molar refractivity (Wildman–Crippen MR) is 184 cm³/mol. The summed E-state index contributed by atoms with van der Waals surface area (Å²) in [6.07, 6.45) is 7.52. The third-order valence-electron chi connectivity index (χ3n) is 7.36. The van der Waals surface area contributed by atoms with E-state index >= 15 is 0 Å². The second-order valence-corrected chi connectivity index (χ2v) is 10.3. The Bertz CT molecular complexity index is 1890. The lowest BCUT2D eigenvalue weighted by atomic mass is 9.98. The quantitative estimate of drug-likeness (QED) is 0.0751. The Kier molecular flexibility index (Phi) is 8.57. The van der Waals surface area contributed by atoms with Gasteiger partial charge in [-0.1, -0.05) is 140 Å². The lowest BCUT2D eigenvalue weighted by Crippen LogP contribution is -2.11. The molecule has 0 aliphatic heterocycles. The molecule has 0 aromatic heterocycles. The summed E-state index contributed by atoms with van der Waals surface area (Å²) in [5.41, 5.74) is 7.66. The first-order valence-electron chi connectivity index (χ1n) is 14.5. The summed E-state index contributed by atoms with van der Waals surface area (Å²) in [5, 5.41) is 2.37. The van der Waals surface area contributed by atoms with Gasteiger partial charge in [-0.3, -0.25) is 0 Å². The van der Waals surface area contributed by atoms with E-state index in [1.807, 2.05) is 30.3 Å². The van der Waals surface area contributed by atoms with E-state index in [1.165, 1.54) is 10.8 Å². The topological polar surface area (TPSA) is 29.5 Å². The summed E-state index contributed by atoms with van der Waals surface area (Å²) in [5.74, 6) is 0.0174. The highest BCUT2D eigenvalue weighted by Crippen LogP contribution is 2.36. The number of nitrogens with zero attached hydrogens (tertiary/aromatic N) is 1. The number of esters is 1. The van der Waals surface area contributed by atoms with Crippen molar-refractivity contribution in [3.05, 3.63) is 193 Å². The molecule has 6 aromatic carbocycles. The predicted octanol–water partition coefficient (Wildman–Crippen LogP) is 10.3. The van der Waals surface area contributed by atoms with Gasteiger partial charge in [0.2, 0.25) is 0 Å². The van der Waals surface area contributed by atoms with Crippen LogP contribution in [0.2, 0.25) is 0 Å². The summed E-state index contributed by atoms with van der Waals surface area (Å²) in [4.78, 5) is 13.7. The van der Waals surface area contributed by atoms with Gasteiger partial charge in [0.1, 0.15) is 5.75 Å². The van der Waals surface area contributed by atoms with Crippen molar-refractivity contribution in [3.8, 4) is 5.75 Å². The molecule has 0 saturated heterocycles. The van der Waals surface area contributed by atoms with Crippen LogP contribution in [0.1, 0.15) is 22.3 Å². The molecule has 0 spiro atoms. The van der Waals surface area contributed by atoms with Gasteiger partial charge in [-0.15, -0.1) is 0 Å². The highest BCUT2D eigenvalue weighted by atomic mass is 16.5. The number of carbonyl (C=O) groups is 1. The SMILES string of the molecule is C=CC(=O)Oc1ccc(C=Cc2ccc(N(C=C(c3ccccc3)c3ccccc3)c3cccc4ccccc34)cc2)cc1. The molecule has 0 amide bonds. The van der Waals surface area contributed by atoms with Crippen LogP contribution in [0.3, 0.4) is 0 Å². The summed E-state index contributed by atoms with van der Waals surface area (Å²) in [6, 6.07) is 51.9. The number of ether oxygens (including phenoxy) is 1. The van der Waals surface area contributed by atoms with Crippen molar-refractivity contribution < 1.29 is 9.53 Å². The van der Waals surface area contributed by atoms with Gasteiger partial charge in [-0.05, 0) is 58.0 Å². The molecule has 0 unspecified atom stereocenters. The van der Waals surface area contributed by atoms with E-state index in [0.29, 0.717) is 5.75 Å². The fraction of sp³-hybridized carbons (Fsp3) is 0. The number of benzene rings is 6. The van der Waals surface area contributed by atoms with Crippen molar-refractivity contribution in [2.45, 2.75) is 0 Å². The van der Waals surface area contributed by atoms with Crippen molar-refractivity contribution in [2.24, 2.45) is 0 Å². The van der Waals surface area contributed by atoms with Crippen LogP contribution < -0.4 is 9.64 Å². The maximum atomic E-state index is 11.4. The Labute approximate surface area is 258 Å². The first-order valence-corrected chi connectivity index (χ1v) is 14.5. The van der Waals surface area contributed by atoms with Gasteiger partial charge in [0.05, 0.1) is 5.69 Å². The van der Waals surface area contributed by atoms with E-state index in [4.69, 9.17) is 4.74 Å². The Hall–Kier alpha value is -5.93. The maximum Gasteiger partial charge on any atom is 0.335 e. The lowest BCUT2D eigenvalue weighted by molar-refractivity contribution is -0.128. The minimum atomic E-state index is -0.472. The van der Waals surface area contributed by atoms with Gasteiger partial charge in [0.25, 0.3) is 0 Å². The number of fused-ring (bicyclic) bond motifs is 1. The number of hydrogen-bond donors (Lipinski definition) is 0. The Morgan fingerprint density at radius 1 is 0.591 bits per heavy atom. The Balaban J connectivity index is 1.38. The zero-order valence-electron chi connectivity index (χ0n) is 24.2. The molecule has 3 nitrogen and oxygen atoms in total. The zero-order valence-corrected chi connectivity index (χ0v) is 24.2. The van der Waals surface area contributed by atoms with Crippen molar-refractivity contribution >= 4 is 45.8 Å². The van der Waals surface area contributed by atoms with Crippen LogP contribution in [-0.4, -0.2) is 5.97 Å². The largest absolute Gasteiger partial charge is 0.423 e. The zero-order chi connectivity index (χ0) is 30.1. The highest BCUT2D eigenvalue weighted by molar-refractivity contribution is 5.98. The molecule has 0 atom stereocenters. The number of hydrogen-bond acceptors (Lipinski definition) is 3. The van der Waals surface area contributed by atoms with Gasteiger partial charge in [-0.25, -0.2) is 4.79 Å². The number of anilines is 2. The summed E-state index contributed by atoms with van der Waals surface area (Å²) < 4.78 is 5.17. The van der Waals surface area contributed by atoms with E-state index in [9.17, 15) is 4.79 Å². The summed E-state index contributed by atoms with van der Waals surface area (Å²) in [7, 11) is 0. The number of rotatable bonds is 9. The van der Waals surface area contributed by atoms with Crippen molar-refractivity contribution in [1.82, 2.24) is 0 Å². The highest BCUT2D eigenvalue weighted by Gasteiger charge is 2.14. The first-order chi connectivity index (χ1) is 21.7. The molecular weight excluding hydrogens is 538 g/mol. The Morgan fingerprint density at radius 2 is 1.14 bits per heavy atom. The molecule has 0 saturated carbocycles. The standard InChI is InChI=1S/C41H31NO2/c1-2-41(43)44-37-28-24-32(25-29-37)21-20-31-22-26-36(27-23-31)42(40-19-11-17-33-16-9-10-18-38(33)40)30-39(34-12-5-3-6-13-34)35-14-7-4-8-15-35/h2-30H,1H2. The molecule has 0 aliphatic carbocycles. The van der Waals surface area contributed by atoms with Crippen LogP contribution in [-0.2, 0) is 4.79 Å². The minimum absolute atomic E-state index is 0.472. The third-order valence-corrected chi connectivity index (χ3v) is 7.36. The van der Waals surface area contributed by atoms with E-state index < -0.39 is 5.97 Å². The van der Waals surface area contributed by atoms with Crippen molar-refractivity contribution in [1.29, 1.82) is 0 Å². The van der Waals surface area contributed by atoms with Crippen LogP contribution in [0.15, 0.2) is 171 Å². The van der Waals surface area contributed by atoms with Crippen molar-refractivity contribution in [3.63, 3.8) is 0 Å². The Morgan fingerprint density at radius 3 is 1.75 bits per heavy atom. The summed E-state index contributed by atoms with van der Waals surface area (Å²) in [6.45, 7) is 3.43. The molecule has 0 aliphatic rings. The smallest absolute Gasteiger partial charge is 0.335 e. The normalized spacial score (nSPS) is 10.8. The average Bonchev–Trinajstić information content (AvgIpc) is 3.09. The van der Waals surface area contributed by atoms with Gasteiger partial charge in [-0.2, -0.15) is 0 Å². The van der Waals surface area contributed by atoms with Gasteiger partial charge >= 0.3 is 5.97 Å². The molecule has 0 radical (unpaired) electrons. The molecule has 0 fully saturated rings. The average molecular weight is 570 g/mol. The minimum Gasteiger partial charge on any atom is -0.423 e. The van der Waals surface area contributed by atoms with Crippen LogP contribution in [0.25, 0.3) is 28.5 Å². The number of carbonyl (C=O) groups excluding carboxylic acids is 1. The molecule has 0 bridgehead atoms.